The van der Waals surface area contributed by atoms with Gasteiger partial charge in [0.05, 0.1) is 11.4 Å². The topological polar surface area (TPSA) is 25.8 Å². The standard InChI is InChI=1S/C24H18N2/c1-2-8-19-14-20(13-12-17(19)6-1)23-15-24(26-16-25-23)22-11-5-9-18-7-3-4-10-21(18)22/h2-5,7-16H,1,6H2. The number of aromatic nitrogens is 2. The minimum absolute atomic E-state index is 0.958. The van der Waals surface area contributed by atoms with Crippen molar-refractivity contribution in [2.75, 3.05) is 0 Å². The van der Waals surface area contributed by atoms with E-state index in [0.29, 0.717) is 0 Å². The van der Waals surface area contributed by atoms with E-state index < -0.39 is 0 Å². The average molecular weight is 334 g/mol. The lowest BCUT2D eigenvalue weighted by molar-refractivity contribution is 0.986. The summed E-state index contributed by atoms with van der Waals surface area (Å²) in [5, 5.41) is 2.44. The van der Waals surface area contributed by atoms with Crippen LogP contribution in [0.5, 0.6) is 0 Å². The van der Waals surface area contributed by atoms with E-state index in [2.05, 4.69) is 88.9 Å². The lowest BCUT2D eigenvalue weighted by Gasteiger charge is -2.12. The van der Waals surface area contributed by atoms with Gasteiger partial charge in [-0.2, -0.15) is 0 Å². The molecule has 0 unspecified atom stereocenters. The molecule has 0 atom stereocenters. The predicted octanol–water partition coefficient (Wildman–Crippen LogP) is 5.92. The molecule has 0 amide bonds. The Morgan fingerprint density at radius 1 is 0.769 bits per heavy atom. The molecule has 2 nitrogen and oxygen atoms in total. The molecule has 0 aliphatic heterocycles. The molecular formula is C24H18N2. The summed E-state index contributed by atoms with van der Waals surface area (Å²) in [7, 11) is 0. The van der Waals surface area contributed by atoms with Crippen LogP contribution in [0.3, 0.4) is 0 Å². The molecule has 0 fully saturated rings. The first kappa shape index (κ1) is 15.0. The first-order valence-corrected chi connectivity index (χ1v) is 8.98. The monoisotopic (exact) mass is 334 g/mol. The first-order chi connectivity index (χ1) is 12.9. The second-order valence-electron chi connectivity index (χ2n) is 6.67. The quantitative estimate of drug-likeness (QED) is 0.454. The lowest BCUT2D eigenvalue weighted by atomic mass is 9.94. The van der Waals surface area contributed by atoms with Gasteiger partial charge < -0.3 is 0 Å². The minimum Gasteiger partial charge on any atom is -0.236 e. The maximum absolute atomic E-state index is 4.55. The van der Waals surface area contributed by atoms with Gasteiger partial charge in [0.2, 0.25) is 0 Å². The molecule has 0 spiro atoms. The molecule has 4 aromatic rings. The highest BCUT2D eigenvalue weighted by Gasteiger charge is 2.10. The minimum atomic E-state index is 0.958. The van der Waals surface area contributed by atoms with Crippen LogP contribution in [0.15, 0.2) is 79.1 Å². The molecule has 1 aliphatic rings. The third kappa shape index (κ3) is 2.60. The third-order valence-electron chi connectivity index (χ3n) is 5.05. The van der Waals surface area contributed by atoms with Crippen LogP contribution in [0.1, 0.15) is 17.5 Å². The fourth-order valence-electron chi connectivity index (χ4n) is 3.70. The number of aryl methyl sites for hydroxylation is 1. The highest BCUT2D eigenvalue weighted by molar-refractivity contribution is 5.96. The molecule has 124 valence electrons. The van der Waals surface area contributed by atoms with Gasteiger partial charge in [0.25, 0.3) is 0 Å². The van der Waals surface area contributed by atoms with Gasteiger partial charge in [0.1, 0.15) is 6.33 Å². The van der Waals surface area contributed by atoms with Crippen molar-refractivity contribution in [3.8, 4) is 22.5 Å². The van der Waals surface area contributed by atoms with E-state index in [1.165, 1.54) is 21.9 Å². The van der Waals surface area contributed by atoms with Crippen molar-refractivity contribution in [2.45, 2.75) is 12.8 Å². The van der Waals surface area contributed by atoms with Crippen LogP contribution in [0.2, 0.25) is 0 Å². The van der Waals surface area contributed by atoms with E-state index in [4.69, 9.17) is 0 Å². The zero-order valence-electron chi connectivity index (χ0n) is 14.4. The van der Waals surface area contributed by atoms with Gasteiger partial charge in [0, 0.05) is 11.1 Å². The van der Waals surface area contributed by atoms with E-state index in [9.17, 15) is 0 Å². The Kier molecular flexibility index (Phi) is 3.60. The molecular weight excluding hydrogens is 316 g/mol. The van der Waals surface area contributed by atoms with Gasteiger partial charge >= 0.3 is 0 Å². The van der Waals surface area contributed by atoms with Crippen LogP contribution in [-0.4, -0.2) is 9.97 Å². The van der Waals surface area contributed by atoms with Crippen molar-refractivity contribution in [1.29, 1.82) is 0 Å². The summed E-state index contributed by atoms with van der Waals surface area (Å²) in [5.74, 6) is 0. The molecule has 0 radical (unpaired) electrons. The summed E-state index contributed by atoms with van der Waals surface area (Å²) in [6, 6.07) is 23.5. The molecule has 0 N–H and O–H groups in total. The first-order valence-electron chi connectivity index (χ1n) is 8.98. The Morgan fingerprint density at radius 3 is 2.65 bits per heavy atom. The Bertz CT molecular complexity index is 1140. The number of hydrogen-bond donors (Lipinski definition) is 0. The molecule has 1 aliphatic carbocycles. The van der Waals surface area contributed by atoms with Crippen LogP contribution < -0.4 is 0 Å². The van der Waals surface area contributed by atoms with E-state index >= 15 is 0 Å². The van der Waals surface area contributed by atoms with Crippen LogP contribution >= 0.6 is 0 Å². The zero-order chi connectivity index (χ0) is 17.3. The maximum Gasteiger partial charge on any atom is 0.116 e. The average Bonchev–Trinajstić information content (AvgIpc) is 2.73. The summed E-state index contributed by atoms with van der Waals surface area (Å²) in [6.07, 6.45) is 8.38. The van der Waals surface area contributed by atoms with E-state index in [0.717, 1.165) is 35.4 Å². The van der Waals surface area contributed by atoms with Crippen molar-refractivity contribution in [3.63, 3.8) is 0 Å². The highest BCUT2D eigenvalue weighted by atomic mass is 14.8. The Balaban J connectivity index is 1.63. The van der Waals surface area contributed by atoms with Crippen molar-refractivity contribution < 1.29 is 0 Å². The van der Waals surface area contributed by atoms with Gasteiger partial charge in [-0.3, -0.25) is 0 Å². The van der Waals surface area contributed by atoms with E-state index in [1.807, 2.05) is 0 Å². The van der Waals surface area contributed by atoms with Crippen LogP contribution in [0, 0.1) is 0 Å². The fraction of sp³-hybridized carbons (Fsp3) is 0.0833. The summed E-state index contributed by atoms with van der Waals surface area (Å²) >= 11 is 0. The van der Waals surface area contributed by atoms with E-state index in [1.54, 1.807) is 6.33 Å². The van der Waals surface area contributed by atoms with Crippen LogP contribution in [-0.2, 0) is 6.42 Å². The summed E-state index contributed by atoms with van der Waals surface area (Å²) in [4.78, 5) is 9.08. The van der Waals surface area contributed by atoms with Crippen molar-refractivity contribution in [1.82, 2.24) is 9.97 Å². The van der Waals surface area contributed by atoms with Crippen molar-refractivity contribution in [2.24, 2.45) is 0 Å². The van der Waals surface area contributed by atoms with Gasteiger partial charge in [-0.15, -0.1) is 0 Å². The molecule has 5 rings (SSSR count). The fourth-order valence-corrected chi connectivity index (χ4v) is 3.70. The number of hydrogen-bond acceptors (Lipinski definition) is 2. The van der Waals surface area contributed by atoms with Crippen molar-refractivity contribution >= 4 is 16.8 Å². The van der Waals surface area contributed by atoms with Gasteiger partial charge in [-0.05, 0) is 46.9 Å². The maximum atomic E-state index is 4.55. The van der Waals surface area contributed by atoms with E-state index in [-0.39, 0.29) is 0 Å². The largest absolute Gasteiger partial charge is 0.236 e. The van der Waals surface area contributed by atoms with Crippen LogP contribution in [0.25, 0.3) is 39.4 Å². The predicted molar refractivity (Wildman–Crippen MR) is 108 cm³/mol. The van der Waals surface area contributed by atoms with Crippen LogP contribution in [0.4, 0.5) is 0 Å². The molecule has 1 aromatic heterocycles. The number of benzene rings is 3. The molecule has 0 saturated carbocycles. The number of allylic oxidation sites excluding steroid dienone is 1. The van der Waals surface area contributed by atoms with Crippen molar-refractivity contribution in [3.05, 3.63) is 90.3 Å². The molecule has 3 aromatic carbocycles. The number of nitrogens with zero attached hydrogens (tertiary/aromatic N) is 2. The summed E-state index contributed by atoms with van der Waals surface area (Å²) < 4.78 is 0. The highest BCUT2D eigenvalue weighted by Crippen LogP contribution is 2.30. The van der Waals surface area contributed by atoms with Gasteiger partial charge in [-0.25, -0.2) is 9.97 Å². The smallest absolute Gasteiger partial charge is 0.116 e. The summed E-state index contributed by atoms with van der Waals surface area (Å²) in [6.45, 7) is 0. The second-order valence-corrected chi connectivity index (χ2v) is 6.67. The molecule has 0 bridgehead atoms. The summed E-state index contributed by atoms with van der Waals surface area (Å²) in [5.41, 5.74) is 6.92. The second kappa shape index (κ2) is 6.23. The van der Waals surface area contributed by atoms with Gasteiger partial charge in [-0.1, -0.05) is 66.7 Å². The Labute approximate surface area is 152 Å². The lowest BCUT2D eigenvalue weighted by Crippen LogP contribution is -1.95. The molecule has 1 heterocycles. The molecule has 26 heavy (non-hydrogen) atoms. The normalized spacial score (nSPS) is 12.9. The number of fused-ring (bicyclic) bond motifs is 2. The zero-order valence-corrected chi connectivity index (χ0v) is 14.4. The Morgan fingerprint density at radius 2 is 1.65 bits per heavy atom. The van der Waals surface area contributed by atoms with Gasteiger partial charge in [0.15, 0.2) is 0 Å². The molecule has 0 saturated heterocycles. The number of rotatable bonds is 2. The SMILES string of the molecule is C1=Cc2cc(-c3cc(-c4cccc5ccccc45)ncn3)ccc2CC1. The molecule has 2 heteroatoms. The third-order valence-corrected chi connectivity index (χ3v) is 5.05. The Hall–Kier alpha value is -3.26.